The van der Waals surface area contributed by atoms with E-state index in [0.717, 1.165) is 24.8 Å². The van der Waals surface area contributed by atoms with Crippen molar-refractivity contribution >= 4 is 23.1 Å². The van der Waals surface area contributed by atoms with Crippen molar-refractivity contribution in [3.05, 3.63) is 17.3 Å². The molecule has 0 amide bonds. The van der Waals surface area contributed by atoms with Gasteiger partial charge in [0.05, 0.1) is 0 Å². The van der Waals surface area contributed by atoms with Crippen molar-refractivity contribution in [1.82, 2.24) is 4.98 Å². The molecule has 4 heteroatoms. The SMILES string of the molecule is CCC1CCN(c2cc(N)cc(Cl)n2)C1. The molecule has 1 aromatic rings. The second-order valence-electron chi connectivity index (χ2n) is 4.09. The summed E-state index contributed by atoms with van der Waals surface area (Å²) in [7, 11) is 0. The molecule has 0 aliphatic carbocycles. The molecular formula is C11H16ClN3. The van der Waals surface area contributed by atoms with Gasteiger partial charge in [-0.2, -0.15) is 0 Å². The third-order valence-corrected chi connectivity index (χ3v) is 3.18. The van der Waals surface area contributed by atoms with Gasteiger partial charge in [0.25, 0.3) is 0 Å². The lowest BCUT2D eigenvalue weighted by Gasteiger charge is -2.17. The second-order valence-corrected chi connectivity index (χ2v) is 4.48. The van der Waals surface area contributed by atoms with Gasteiger partial charge in [0.2, 0.25) is 0 Å². The van der Waals surface area contributed by atoms with E-state index in [2.05, 4.69) is 16.8 Å². The smallest absolute Gasteiger partial charge is 0.133 e. The maximum atomic E-state index is 5.88. The van der Waals surface area contributed by atoms with E-state index in [1.807, 2.05) is 6.07 Å². The lowest BCUT2D eigenvalue weighted by Crippen LogP contribution is -2.20. The van der Waals surface area contributed by atoms with E-state index in [1.165, 1.54) is 12.8 Å². The molecule has 1 atom stereocenters. The van der Waals surface area contributed by atoms with Gasteiger partial charge < -0.3 is 10.6 Å². The third-order valence-electron chi connectivity index (χ3n) is 2.99. The van der Waals surface area contributed by atoms with Gasteiger partial charge in [-0.15, -0.1) is 0 Å². The molecule has 1 aliphatic heterocycles. The van der Waals surface area contributed by atoms with Crippen molar-refractivity contribution in [3.8, 4) is 0 Å². The van der Waals surface area contributed by atoms with Gasteiger partial charge in [0.15, 0.2) is 0 Å². The number of aromatic nitrogens is 1. The number of pyridine rings is 1. The quantitative estimate of drug-likeness (QED) is 0.787. The van der Waals surface area contributed by atoms with E-state index in [1.54, 1.807) is 6.07 Å². The van der Waals surface area contributed by atoms with Crippen LogP contribution in [-0.2, 0) is 0 Å². The molecule has 0 aromatic carbocycles. The molecular weight excluding hydrogens is 210 g/mol. The largest absolute Gasteiger partial charge is 0.399 e. The molecule has 2 N–H and O–H groups in total. The van der Waals surface area contributed by atoms with Crippen LogP contribution in [0.2, 0.25) is 5.15 Å². The lowest BCUT2D eigenvalue weighted by atomic mass is 10.1. The zero-order valence-electron chi connectivity index (χ0n) is 8.91. The molecule has 82 valence electrons. The Morgan fingerprint density at radius 2 is 2.40 bits per heavy atom. The number of rotatable bonds is 2. The Kier molecular flexibility index (Phi) is 3.00. The van der Waals surface area contributed by atoms with Gasteiger partial charge in [0.1, 0.15) is 11.0 Å². The Morgan fingerprint density at radius 3 is 3.00 bits per heavy atom. The van der Waals surface area contributed by atoms with Crippen LogP contribution in [0, 0.1) is 5.92 Å². The standard InChI is InChI=1S/C11H16ClN3/c1-2-8-3-4-15(7-8)11-6-9(13)5-10(12)14-11/h5-6,8H,2-4,7H2,1H3,(H2,13,14). The monoisotopic (exact) mass is 225 g/mol. The maximum absolute atomic E-state index is 5.88. The molecule has 0 radical (unpaired) electrons. The van der Waals surface area contributed by atoms with Crippen LogP contribution in [0.15, 0.2) is 12.1 Å². The molecule has 1 aliphatic rings. The van der Waals surface area contributed by atoms with Crippen LogP contribution in [0.25, 0.3) is 0 Å². The normalized spacial score (nSPS) is 20.9. The average Bonchev–Trinajstić information content (AvgIpc) is 2.64. The molecule has 2 rings (SSSR count). The Labute approximate surface area is 95.2 Å². The zero-order chi connectivity index (χ0) is 10.8. The highest BCUT2D eigenvalue weighted by Crippen LogP contribution is 2.26. The summed E-state index contributed by atoms with van der Waals surface area (Å²) in [5.74, 6) is 1.70. The first-order valence-electron chi connectivity index (χ1n) is 5.37. The van der Waals surface area contributed by atoms with Crippen LogP contribution < -0.4 is 10.6 Å². The predicted molar refractivity (Wildman–Crippen MR) is 64.3 cm³/mol. The van der Waals surface area contributed by atoms with E-state index in [0.29, 0.717) is 10.8 Å². The van der Waals surface area contributed by atoms with Crippen molar-refractivity contribution in [3.63, 3.8) is 0 Å². The van der Waals surface area contributed by atoms with E-state index < -0.39 is 0 Å². The summed E-state index contributed by atoms with van der Waals surface area (Å²) in [6.45, 7) is 4.36. The molecule has 1 unspecified atom stereocenters. The Hall–Kier alpha value is -0.960. The van der Waals surface area contributed by atoms with Crippen molar-refractivity contribution in [2.24, 2.45) is 5.92 Å². The van der Waals surface area contributed by atoms with Gasteiger partial charge in [-0.1, -0.05) is 24.9 Å². The van der Waals surface area contributed by atoms with E-state index in [-0.39, 0.29) is 0 Å². The molecule has 0 saturated carbocycles. The van der Waals surface area contributed by atoms with Gasteiger partial charge >= 0.3 is 0 Å². The number of nitrogens with zero attached hydrogens (tertiary/aromatic N) is 2. The minimum Gasteiger partial charge on any atom is -0.399 e. The molecule has 0 spiro atoms. The van der Waals surface area contributed by atoms with Crippen LogP contribution in [0.5, 0.6) is 0 Å². The van der Waals surface area contributed by atoms with Crippen molar-refractivity contribution in [2.75, 3.05) is 23.7 Å². The highest BCUT2D eigenvalue weighted by molar-refractivity contribution is 6.29. The Balaban J connectivity index is 2.16. The summed E-state index contributed by atoms with van der Waals surface area (Å²) < 4.78 is 0. The number of hydrogen-bond donors (Lipinski definition) is 1. The molecule has 1 saturated heterocycles. The lowest BCUT2D eigenvalue weighted by molar-refractivity contribution is 0.569. The Morgan fingerprint density at radius 1 is 1.60 bits per heavy atom. The first kappa shape index (κ1) is 10.6. The van der Waals surface area contributed by atoms with E-state index >= 15 is 0 Å². The van der Waals surface area contributed by atoms with Crippen LogP contribution in [0.3, 0.4) is 0 Å². The fourth-order valence-corrected chi connectivity index (χ4v) is 2.25. The zero-order valence-corrected chi connectivity index (χ0v) is 9.67. The summed E-state index contributed by atoms with van der Waals surface area (Å²) >= 11 is 5.88. The molecule has 0 bridgehead atoms. The highest BCUT2D eigenvalue weighted by atomic mass is 35.5. The number of nitrogens with two attached hydrogens (primary N) is 1. The number of anilines is 2. The molecule has 1 fully saturated rings. The number of hydrogen-bond acceptors (Lipinski definition) is 3. The molecule has 2 heterocycles. The Bertz CT molecular complexity index is 333. The topological polar surface area (TPSA) is 42.1 Å². The van der Waals surface area contributed by atoms with Crippen LogP contribution in [0.4, 0.5) is 11.5 Å². The first-order valence-corrected chi connectivity index (χ1v) is 5.75. The van der Waals surface area contributed by atoms with Gasteiger partial charge in [-0.05, 0) is 18.4 Å². The van der Waals surface area contributed by atoms with Crippen LogP contribution >= 0.6 is 11.6 Å². The minimum absolute atomic E-state index is 0.477. The fourth-order valence-electron chi connectivity index (χ4n) is 2.04. The summed E-state index contributed by atoms with van der Waals surface area (Å²) in [4.78, 5) is 6.56. The minimum atomic E-state index is 0.477. The first-order chi connectivity index (χ1) is 7.19. The van der Waals surface area contributed by atoms with Crippen LogP contribution in [0.1, 0.15) is 19.8 Å². The summed E-state index contributed by atoms with van der Waals surface area (Å²) in [5, 5.41) is 0.477. The van der Waals surface area contributed by atoms with Gasteiger partial charge in [-0.3, -0.25) is 0 Å². The van der Waals surface area contributed by atoms with E-state index in [4.69, 9.17) is 17.3 Å². The van der Waals surface area contributed by atoms with E-state index in [9.17, 15) is 0 Å². The second kappa shape index (κ2) is 4.27. The molecule has 1 aromatic heterocycles. The maximum Gasteiger partial charge on any atom is 0.133 e. The predicted octanol–water partition coefficient (Wildman–Crippen LogP) is 2.55. The average molecular weight is 226 g/mol. The molecule has 3 nitrogen and oxygen atoms in total. The van der Waals surface area contributed by atoms with Gasteiger partial charge in [0, 0.05) is 24.8 Å². The number of nitrogen functional groups attached to an aromatic ring is 1. The summed E-state index contributed by atoms with van der Waals surface area (Å²) in [5.41, 5.74) is 6.43. The highest BCUT2D eigenvalue weighted by Gasteiger charge is 2.22. The van der Waals surface area contributed by atoms with Crippen molar-refractivity contribution in [2.45, 2.75) is 19.8 Å². The van der Waals surface area contributed by atoms with Gasteiger partial charge in [-0.25, -0.2) is 4.98 Å². The van der Waals surface area contributed by atoms with Crippen LogP contribution in [-0.4, -0.2) is 18.1 Å². The van der Waals surface area contributed by atoms with Crippen molar-refractivity contribution < 1.29 is 0 Å². The fraction of sp³-hybridized carbons (Fsp3) is 0.545. The summed E-state index contributed by atoms with van der Waals surface area (Å²) in [6, 6.07) is 3.57. The molecule has 15 heavy (non-hydrogen) atoms. The summed E-state index contributed by atoms with van der Waals surface area (Å²) in [6.07, 6.45) is 2.47. The number of halogens is 1. The van der Waals surface area contributed by atoms with Crippen molar-refractivity contribution in [1.29, 1.82) is 0 Å². The third kappa shape index (κ3) is 2.34.